The maximum absolute atomic E-state index is 12.9. The van der Waals surface area contributed by atoms with Gasteiger partial charge in [0.25, 0.3) is 15.7 Å². The summed E-state index contributed by atoms with van der Waals surface area (Å²) in [5.41, 5.74) is -0.758. The summed E-state index contributed by atoms with van der Waals surface area (Å²) >= 11 is 0. The molecule has 1 saturated heterocycles. The first kappa shape index (κ1) is 28.7. The molecule has 0 aliphatic carbocycles. The molecule has 1 fully saturated rings. The molecule has 10 nitrogen and oxygen atoms in total. The van der Waals surface area contributed by atoms with E-state index in [2.05, 4.69) is 11.6 Å². The summed E-state index contributed by atoms with van der Waals surface area (Å²) in [7, 11) is -4.06. The Hall–Kier alpha value is -3.35. The fraction of sp³-hybridized carbons (Fsp3) is 0.357. The minimum absolute atomic E-state index is 0.00523. The van der Waals surface area contributed by atoms with Crippen molar-refractivity contribution in [2.45, 2.75) is 50.6 Å². The van der Waals surface area contributed by atoms with E-state index in [1.807, 2.05) is 60.7 Å². The average molecular weight is 557 g/mol. The van der Waals surface area contributed by atoms with Crippen molar-refractivity contribution in [3.8, 4) is 0 Å². The first-order valence-corrected chi connectivity index (χ1v) is 14.2. The summed E-state index contributed by atoms with van der Waals surface area (Å²) in [5, 5.41) is 0. The van der Waals surface area contributed by atoms with Crippen LogP contribution < -0.4 is 11.2 Å². The lowest BCUT2D eigenvalue weighted by atomic mass is 9.88. The molecule has 3 aromatic rings. The maximum atomic E-state index is 12.9. The Kier molecular flexibility index (Phi) is 8.98. The highest BCUT2D eigenvalue weighted by Gasteiger charge is 2.60. The van der Waals surface area contributed by atoms with Gasteiger partial charge in [0.1, 0.15) is 11.7 Å². The Morgan fingerprint density at radius 3 is 2.26 bits per heavy atom. The van der Waals surface area contributed by atoms with Gasteiger partial charge in [-0.05, 0) is 24.5 Å². The van der Waals surface area contributed by atoms with Crippen molar-refractivity contribution in [3.05, 3.63) is 117 Å². The second kappa shape index (κ2) is 12.2. The molecule has 2 heterocycles. The monoisotopic (exact) mass is 556 g/mol. The first-order valence-electron chi connectivity index (χ1n) is 12.4. The van der Waals surface area contributed by atoms with E-state index in [0.717, 1.165) is 21.9 Å². The SMILES string of the molecule is C=CC[C@@]1(OCc2ccccc2)[C@@H](COCc2ccccc2)OC(n2cc(C)c(=O)[nH]c2=O)[C@@H]1OS(C)(=O)=O. The van der Waals surface area contributed by atoms with Gasteiger partial charge in [0.2, 0.25) is 0 Å². The molecule has 0 bridgehead atoms. The highest BCUT2D eigenvalue weighted by Crippen LogP contribution is 2.45. The topological polar surface area (TPSA) is 126 Å². The van der Waals surface area contributed by atoms with Crippen molar-refractivity contribution in [1.29, 1.82) is 0 Å². The molecule has 1 aliphatic heterocycles. The Labute approximate surface area is 226 Å². The Balaban J connectivity index is 1.77. The van der Waals surface area contributed by atoms with Gasteiger partial charge in [-0.2, -0.15) is 8.42 Å². The third-order valence-corrected chi connectivity index (χ3v) is 7.04. The number of aromatic nitrogens is 2. The van der Waals surface area contributed by atoms with E-state index in [1.54, 1.807) is 6.08 Å². The van der Waals surface area contributed by atoms with Crippen molar-refractivity contribution in [3.63, 3.8) is 0 Å². The highest BCUT2D eigenvalue weighted by molar-refractivity contribution is 7.86. The van der Waals surface area contributed by atoms with Crippen LogP contribution in [0, 0.1) is 6.92 Å². The molecule has 1 N–H and O–H groups in total. The summed E-state index contributed by atoms with van der Waals surface area (Å²) in [6.45, 7) is 5.75. The molecule has 4 atom stereocenters. The van der Waals surface area contributed by atoms with Crippen molar-refractivity contribution < 1.29 is 26.8 Å². The van der Waals surface area contributed by atoms with E-state index in [4.69, 9.17) is 18.4 Å². The zero-order valence-corrected chi connectivity index (χ0v) is 22.6. The quantitative estimate of drug-likeness (QED) is 0.267. The Bertz CT molecular complexity index is 1490. The van der Waals surface area contributed by atoms with Crippen LogP contribution in [0.3, 0.4) is 0 Å². The van der Waals surface area contributed by atoms with E-state index in [0.29, 0.717) is 0 Å². The molecule has 0 radical (unpaired) electrons. The fourth-order valence-electron chi connectivity index (χ4n) is 4.62. The number of rotatable bonds is 12. The lowest BCUT2D eigenvalue weighted by molar-refractivity contribution is -0.145. The van der Waals surface area contributed by atoms with Gasteiger partial charge in [0.15, 0.2) is 12.3 Å². The predicted molar refractivity (Wildman–Crippen MR) is 145 cm³/mol. The highest BCUT2D eigenvalue weighted by atomic mass is 32.2. The molecule has 0 spiro atoms. The van der Waals surface area contributed by atoms with Gasteiger partial charge in [0.05, 0.1) is 26.1 Å². The van der Waals surface area contributed by atoms with Crippen LogP contribution >= 0.6 is 0 Å². The van der Waals surface area contributed by atoms with Crippen LogP contribution in [0.4, 0.5) is 0 Å². The fourth-order valence-corrected chi connectivity index (χ4v) is 5.26. The molecule has 0 amide bonds. The number of hydrogen-bond acceptors (Lipinski definition) is 8. The zero-order valence-electron chi connectivity index (χ0n) is 21.8. The standard InChI is InChI=1S/C28H32N2O8S/c1-4-15-28(36-18-22-13-9-6-10-14-22)23(19-35-17-21-11-7-5-8-12-21)37-26(24(28)38-39(3,33)34)30-16-20(2)25(31)29-27(30)32/h4-14,16,23-24,26H,1,15,17-19H2,2-3H3,(H,29,31,32)/t23-,24+,26?,28-/m1/s1. The molecule has 11 heteroatoms. The summed E-state index contributed by atoms with van der Waals surface area (Å²) in [5.74, 6) is 0. The average Bonchev–Trinajstić information content (AvgIpc) is 3.18. The Morgan fingerprint density at radius 2 is 1.67 bits per heavy atom. The minimum atomic E-state index is -4.06. The van der Waals surface area contributed by atoms with Gasteiger partial charge in [-0.3, -0.25) is 18.5 Å². The number of ether oxygens (including phenoxy) is 3. The van der Waals surface area contributed by atoms with Crippen LogP contribution in [0.25, 0.3) is 0 Å². The molecule has 1 aromatic heterocycles. The summed E-state index contributed by atoms with van der Waals surface area (Å²) < 4.78 is 50.6. The van der Waals surface area contributed by atoms with E-state index in [1.165, 1.54) is 13.1 Å². The van der Waals surface area contributed by atoms with Gasteiger partial charge >= 0.3 is 5.69 Å². The van der Waals surface area contributed by atoms with Crippen LogP contribution in [0.1, 0.15) is 29.3 Å². The van der Waals surface area contributed by atoms with Crippen molar-refractivity contribution in [1.82, 2.24) is 9.55 Å². The van der Waals surface area contributed by atoms with E-state index in [-0.39, 0.29) is 31.8 Å². The van der Waals surface area contributed by atoms with Crippen LogP contribution in [0.2, 0.25) is 0 Å². The number of aromatic amines is 1. The number of hydrogen-bond donors (Lipinski definition) is 1. The normalized spacial score (nSPS) is 23.1. The van der Waals surface area contributed by atoms with Gasteiger partial charge in [0, 0.05) is 11.8 Å². The van der Waals surface area contributed by atoms with E-state index >= 15 is 0 Å². The second-order valence-corrected chi connectivity index (χ2v) is 11.0. The zero-order chi connectivity index (χ0) is 28.0. The van der Waals surface area contributed by atoms with Crippen molar-refractivity contribution >= 4 is 10.1 Å². The molecule has 4 rings (SSSR count). The number of nitrogens with one attached hydrogen (secondary N) is 1. The number of aryl methyl sites for hydroxylation is 1. The molecule has 39 heavy (non-hydrogen) atoms. The molecular formula is C28H32N2O8S. The molecule has 0 saturated carbocycles. The van der Waals surface area contributed by atoms with E-state index < -0.39 is 45.4 Å². The smallest absolute Gasteiger partial charge is 0.330 e. The summed E-state index contributed by atoms with van der Waals surface area (Å²) in [4.78, 5) is 27.2. The summed E-state index contributed by atoms with van der Waals surface area (Å²) in [6.07, 6.45) is 0.478. The van der Waals surface area contributed by atoms with E-state index in [9.17, 15) is 18.0 Å². The lowest BCUT2D eigenvalue weighted by Crippen LogP contribution is -2.53. The van der Waals surface area contributed by atoms with Crippen LogP contribution in [0.15, 0.2) is 89.1 Å². The van der Waals surface area contributed by atoms with Gasteiger partial charge in [-0.15, -0.1) is 6.58 Å². The van der Waals surface area contributed by atoms with Gasteiger partial charge in [-0.25, -0.2) is 4.79 Å². The molecule has 1 unspecified atom stereocenters. The largest absolute Gasteiger partial charge is 0.374 e. The number of H-pyrrole nitrogens is 1. The van der Waals surface area contributed by atoms with Gasteiger partial charge < -0.3 is 14.2 Å². The van der Waals surface area contributed by atoms with Crippen molar-refractivity contribution in [2.75, 3.05) is 12.9 Å². The lowest BCUT2D eigenvalue weighted by Gasteiger charge is -2.37. The van der Waals surface area contributed by atoms with Crippen LogP contribution in [-0.2, 0) is 41.7 Å². The molecule has 1 aliphatic rings. The van der Waals surface area contributed by atoms with Gasteiger partial charge in [-0.1, -0.05) is 66.7 Å². The van der Waals surface area contributed by atoms with Crippen LogP contribution in [0.5, 0.6) is 0 Å². The third-order valence-electron chi connectivity index (χ3n) is 6.48. The molecular weight excluding hydrogens is 524 g/mol. The molecule has 208 valence electrons. The first-order chi connectivity index (χ1) is 18.6. The second-order valence-electron chi connectivity index (χ2n) is 9.44. The predicted octanol–water partition coefficient (Wildman–Crippen LogP) is 2.84. The molecule has 2 aromatic carbocycles. The minimum Gasteiger partial charge on any atom is -0.374 e. The maximum Gasteiger partial charge on any atom is 0.330 e. The Morgan fingerprint density at radius 1 is 1.05 bits per heavy atom. The van der Waals surface area contributed by atoms with Crippen molar-refractivity contribution in [2.24, 2.45) is 0 Å². The van der Waals surface area contributed by atoms with Crippen LogP contribution in [-0.4, -0.2) is 48.6 Å². The third kappa shape index (κ3) is 6.81. The number of benzene rings is 2. The number of nitrogens with zero attached hydrogens (tertiary/aromatic N) is 1. The summed E-state index contributed by atoms with van der Waals surface area (Å²) in [6, 6.07) is 18.9.